The van der Waals surface area contributed by atoms with E-state index in [0.717, 1.165) is 25.3 Å². The van der Waals surface area contributed by atoms with Crippen LogP contribution >= 0.6 is 0 Å². The zero-order valence-corrected chi connectivity index (χ0v) is 8.35. The van der Waals surface area contributed by atoms with Crippen LogP contribution in [0.25, 0.3) is 6.08 Å². The lowest BCUT2D eigenvalue weighted by atomic mass is 10.0. The van der Waals surface area contributed by atoms with Crippen molar-refractivity contribution in [3.8, 4) is 0 Å². The molecule has 0 saturated carbocycles. The predicted molar refractivity (Wildman–Crippen MR) is 55.9 cm³/mol. The molecule has 0 bridgehead atoms. The second-order valence-electron chi connectivity index (χ2n) is 3.78. The Kier molecular flexibility index (Phi) is 2.99. The lowest BCUT2D eigenvalue weighted by molar-refractivity contribution is 0.0470. The van der Waals surface area contributed by atoms with Gasteiger partial charge >= 0.3 is 0 Å². The quantitative estimate of drug-likeness (QED) is 0.732. The molecule has 0 aliphatic carbocycles. The molecule has 1 aromatic rings. The number of hydrogen-bond acceptors (Lipinski definition) is 2. The highest BCUT2D eigenvalue weighted by Gasteiger charge is 2.14. The summed E-state index contributed by atoms with van der Waals surface area (Å²) >= 11 is 0. The summed E-state index contributed by atoms with van der Waals surface area (Å²) in [5.41, 5.74) is 1.08. The first kappa shape index (κ1) is 9.46. The van der Waals surface area contributed by atoms with Crippen molar-refractivity contribution in [2.75, 3.05) is 13.2 Å². The molecular formula is C11H16N2O. The Bertz CT molecular complexity index is 300. The maximum absolute atomic E-state index is 5.43. The number of nitrogens with zero attached hydrogens (tertiary/aromatic N) is 2. The molecule has 0 amide bonds. The van der Waals surface area contributed by atoms with Gasteiger partial charge in [-0.25, -0.2) is 0 Å². The van der Waals surface area contributed by atoms with Gasteiger partial charge in [-0.05, 0) is 12.8 Å². The van der Waals surface area contributed by atoms with Crippen LogP contribution in [0.5, 0.6) is 0 Å². The molecule has 0 aromatic carbocycles. The molecule has 2 rings (SSSR count). The van der Waals surface area contributed by atoms with Crippen molar-refractivity contribution in [3.63, 3.8) is 0 Å². The van der Waals surface area contributed by atoms with Crippen LogP contribution in [-0.2, 0) is 11.3 Å². The fourth-order valence-corrected chi connectivity index (χ4v) is 1.80. The van der Waals surface area contributed by atoms with Crippen molar-refractivity contribution in [2.24, 2.45) is 5.92 Å². The minimum absolute atomic E-state index is 0.626. The van der Waals surface area contributed by atoms with Gasteiger partial charge < -0.3 is 4.74 Å². The second kappa shape index (κ2) is 4.42. The molecule has 0 N–H and O–H groups in total. The van der Waals surface area contributed by atoms with E-state index < -0.39 is 0 Å². The SMILES string of the molecule is C=Cc1cnn(C[C@H]2CCCOC2)c1. The average molecular weight is 192 g/mol. The lowest BCUT2D eigenvalue weighted by Gasteiger charge is -2.21. The van der Waals surface area contributed by atoms with E-state index in [4.69, 9.17) is 4.74 Å². The van der Waals surface area contributed by atoms with Gasteiger partial charge in [-0.3, -0.25) is 4.68 Å². The molecular weight excluding hydrogens is 176 g/mol. The molecule has 1 aromatic heterocycles. The van der Waals surface area contributed by atoms with Crippen molar-refractivity contribution >= 4 is 6.08 Å². The molecule has 0 radical (unpaired) electrons. The van der Waals surface area contributed by atoms with Gasteiger partial charge in [0.1, 0.15) is 0 Å². The summed E-state index contributed by atoms with van der Waals surface area (Å²) < 4.78 is 7.41. The Morgan fingerprint density at radius 2 is 2.64 bits per heavy atom. The average Bonchev–Trinajstić information content (AvgIpc) is 2.67. The van der Waals surface area contributed by atoms with Crippen LogP contribution < -0.4 is 0 Å². The molecule has 76 valence electrons. The van der Waals surface area contributed by atoms with Crippen LogP contribution in [0.15, 0.2) is 19.0 Å². The third-order valence-corrected chi connectivity index (χ3v) is 2.59. The van der Waals surface area contributed by atoms with E-state index in [1.165, 1.54) is 12.8 Å². The van der Waals surface area contributed by atoms with Crippen molar-refractivity contribution < 1.29 is 4.74 Å². The van der Waals surface area contributed by atoms with E-state index in [2.05, 4.69) is 11.7 Å². The Morgan fingerprint density at radius 1 is 1.71 bits per heavy atom. The van der Waals surface area contributed by atoms with Gasteiger partial charge in [-0.1, -0.05) is 12.7 Å². The monoisotopic (exact) mass is 192 g/mol. The molecule has 1 aliphatic rings. The van der Waals surface area contributed by atoms with Gasteiger partial charge in [0, 0.05) is 30.8 Å². The molecule has 2 heterocycles. The highest BCUT2D eigenvalue weighted by Crippen LogP contribution is 2.15. The van der Waals surface area contributed by atoms with E-state index in [9.17, 15) is 0 Å². The van der Waals surface area contributed by atoms with Gasteiger partial charge in [-0.2, -0.15) is 5.10 Å². The summed E-state index contributed by atoms with van der Waals surface area (Å²) in [6.07, 6.45) is 8.13. The molecule has 3 nitrogen and oxygen atoms in total. The maximum Gasteiger partial charge on any atom is 0.0562 e. The first-order valence-corrected chi connectivity index (χ1v) is 5.11. The molecule has 1 aliphatic heterocycles. The lowest BCUT2D eigenvalue weighted by Crippen LogP contribution is -2.22. The fraction of sp³-hybridized carbons (Fsp3) is 0.545. The van der Waals surface area contributed by atoms with Crippen LogP contribution in [0.1, 0.15) is 18.4 Å². The topological polar surface area (TPSA) is 27.1 Å². The highest BCUT2D eigenvalue weighted by molar-refractivity contribution is 5.43. The van der Waals surface area contributed by atoms with Crippen LogP contribution in [0.4, 0.5) is 0 Å². The van der Waals surface area contributed by atoms with Crippen LogP contribution in [0, 0.1) is 5.92 Å². The smallest absolute Gasteiger partial charge is 0.0562 e. The van der Waals surface area contributed by atoms with Crippen molar-refractivity contribution in [3.05, 3.63) is 24.5 Å². The standard InChI is InChI=1S/C11H16N2O/c1-2-10-6-12-13(7-10)8-11-4-3-5-14-9-11/h2,6-7,11H,1,3-5,8-9H2/t11-/m1/s1. The minimum Gasteiger partial charge on any atom is -0.381 e. The van der Waals surface area contributed by atoms with Crippen molar-refractivity contribution in [2.45, 2.75) is 19.4 Å². The van der Waals surface area contributed by atoms with Crippen molar-refractivity contribution in [1.82, 2.24) is 9.78 Å². The van der Waals surface area contributed by atoms with E-state index in [1.807, 2.05) is 23.2 Å². The van der Waals surface area contributed by atoms with E-state index >= 15 is 0 Å². The fourth-order valence-electron chi connectivity index (χ4n) is 1.80. The third-order valence-electron chi connectivity index (χ3n) is 2.59. The van der Waals surface area contributed by atoms with Crippen LogP contribution in [0.3, 0.4) is 0 Å². The minimum atomic E-state index is 0.626. The second-order valence-corrected chi connectivity index (χ2v) is 3.78. The first-order valence-electron chi connectivity index (χ1n) is 5.11. The number of rotatable bonds is 3. The van der Waals surface area contributed by atoms with Gasteiger partial charge in [-0.15, -0.1) is 0 Å². The van der Waals surface area contributed by atoms with E-state index in [-0.39, 0.29) is 0 Å². The summed E-state index contributed by atoms with van der Waals surface area (Å²) in [5.74, 6) is 0.626. The molecule has 14 heavy (non-hydrogen) atoms. The number of ether oxygens (including phenoxy) is 1. The van der Waals surface area contributed by atoms with Crippen molar-refractivity contribution in [1.29, 1.82) is 0 Å². The predicted octanol–water partition coefficient (Wildman–Crippen LogP) is 1.95. The van der Waals surface area contributed by atoms with Gasteiger partial charge in [0.25, 0.3) is 0 Å². The first-order chi connectivity index (χ1) is 6.88. The number of hydrogen-bond donors (Lipinski definition) is 0. The third kappa shape index (κ3) is 2.23. The summed E-state index contributed by atoms with van der Waals surface area (Å²) in [4.78, 5) is 0. The maximum atomic E-state index is 5.43. The summed E-state index contributed by atoms with van der Waals surface area (Å²) in [6, 6.07) is 0. The Labute approximate surface area is 84.4 Å². The normalized spacial score (nSPS) is 22.1. The van der Waals surface area contributed by atoms with E-state index in [0.29, 0.717) is 5.92 Å². The van der Waals surface area contributed by atoms with E-state index in [1.54, 1.807) is 0 Å². The zero-order valence-electron chi connectivity index (χ0n) is 8.35. The van der Waals surface area contributed by atoms with Gasteiger partial charge in [0.15, 0.2) is 0 Å². The van der Waals surface area contributed by atoms with Gasteiger partial charge in [0.2, 0.25) is 0 Å². The molecule has 1 saturated heterocycles. The Hall–Kier alpha value is -1.09. The van der Waals surface area contributed by atoms with Gasteiger partial charge in [0.05, 0.1) is 12.8 Å². The molecule has 1 fully saturated rings. The summed E-state index contributed by atoms with van der Waals surface area (Å²) in [6.45, 7) is 6.48. The summed E-state index contributed by atoms with van der Waals surface area (Å²) in [7, 11) is 0. The summed E-state index contributed by atoms with van der Waals surface area (Å²) in [5, 5.41) is 4.27. The van der Waals surface area contributed by atoms with Crippen LogP contribution in [-0.4, -0.2) is 23.0 Å². The molecule has 0 spiro atoms. The molecule has 0 unspecified atom stereocenters. The zero-order chi connectivity index (χ0) is 9.80. The molecule has 3 heteroatoms. The largest absolute Gasteiger partial charge is 0.381 e. The van der Waals surface area contributed by atoms with Crippen LogP contribution in [0.2, 0.25) is 0 Å². The Morgan fingerprint density at radius 3 is 3.29 bits per heavy atom. The number of aromatic nitrogens is 2. The Balaban J connectivity index is 1.92. The highest BCUT2D eigenvalue weighted by atomic mass is 16.5. The molecule has 1 atom stereocenters.